The van der Waals surface area contributed by atoms with Gasteiger partial charge in [-0.05, 0) is 24.7 Å². The van der Waals surface area contributed by atoms with Gasteiger partial charge in [-0.1, -0.05) is 44.4 Å². The number of carbonyl (C=O) groups is 1. The topological polar surface area (TPSA) is 37.3 Å². The number of aliphatic carboxylic acids is 1. The molecule has 2 heteroatoms. The molecule has 0 aromatic heterocycles. The first kappa shape index (κ1) is 15.6. The van der Waals surface area contributed by atoms with E-state index in [1.54, 1.807) is 0 Å². The fraction of sp³-hybridized carbons (Fsp3) is 0.667. The Kier molecular flexibility index (Phi) is 11.6. The van der Waals surface area contributed by atoms with Gasteiger partial charge in [-0.3, -0.25) is 4.79 Å². The second-order valence-electron chi connectivity index (χ2n) is 3.97. The summed E-state index contributed by atoms with van der Waals surface area (Å²) < 4.78 is 0. The highest BCUT2D eigenvalue weighted by Crippen LogP contribution is 2.08. The quantitative estimate of drug-likeness (QED) is 0.514. The molecule has 0 atom stereocenters. The van der Waals surface area contributed by atoms with E-state index in [-0.39, 0.29) is 0 Å². The van der Waals surface area contributed by atoms with Crippen molar-refractivity contribution in [1.29, 1.82) is 0 Å². The number of carboxylic acid groups (broad SMARTS) is 1. The van der Waals surface area contributed by atoms with Gasteiger partial charge in [0.05, 0.1) is 0 Å². The molecule has 0 radical (unpaired) electrons. The van der Waals surface area contributed by atoms with Gasteiger partial charge < -0.3 is 5.11 Å². The standard InChI is InChI=1S/C15H22O2/c1-2-3-4-5-6-7-8-9-10-11-12-13-14-15(16)17/h2,7-14H2,1H3,(H,16,17). The number of unbranched alkanes of at least 4 members (excludes halogenated alkanes) is 6. The van der Waals surface area contributed by atoms with Gasteiger partial charge in [-0.25, -0.2) is 0 Å². The van der Waals surface area contributed by atoms with E-state index >= 15 is 0 Å². The molecule has 17 heavy (non-hydrogen) atoms. The van der Waals surface area contributed by atoms with Crippen molar-refractivity contribution in [3.8, 4) is 23.7 Å². The predicted octanol–water partition coefficient (Wildman–Crippen LogP) is 3.61. The van der Waals surface area contributed by atoms with E-state index in [9.17, 15) is 4.79 Å². The summed E-state index contributed by atoms with van der Waals surface area (Å²) in [6.45, 7) is 2.01. The predicted molar refractivity (Wildman–Crippen MR) is 70.4 cm³/mol. The molecule has 0 spiro atoms. The van der Waals surface area contributed by atoms with Crippen molar-refractivity contribution in [2.45, 2.75) is 64.7 Å². The molecule has 0 heterocycles. The second-order valence-corrected chi connectivity index (χ2v) is 3.97. The first-order valence-electron chi connectivity index (χ1n) is 6.45. The van der Waals surface area contributed by atoms with Crippen LogP contribution in [0, 0.1) is 23.7 Å². The fourth-order valence-electron chi connectivity index (χ4n) is 1.44. The van der Waals surface area contributed by atoms with Crippen LogP contribution in [0.1, 0.15) is 64.7 Å². The summed E-state index contributed by atoms with van der Waals surface area (Å²) in [5, 5.41) is 8.45. The van der Waals surface area contributed by atoms with E-state index < -0.39 is 5.97 Å². The van der Waals surface area contributed by atoms with Crippen molar-refractivity contribution >= 4 is 5.97 Å². The lowest BCUT2D eigenvalue weighted by Gasteiger charge is -1.98. The Hall–Kier alpha value is -1.41. The molecule has 0 saturated heterocycles. The molecule has 0 amide bonds. The Morgan fingerprint density at radius 3 is 2.18 bits per heavy atom. The molecule has 0 unspecified atom stereocenters. The molecule has 0 saturated carbocycles. The summed E-state index contributed by atoms with van der Waals surface area (Å²) in [6, 6.07) is 0. The first-order valence-corrected chi connectivity index (χ1v) is 6.45. The van der Waals surface area contributed by atoms with Crippen LogP contribution in [-0.4, -0.2) is 11.1 Å². The van der Waals surface area contributed by atoms with Gasteiger partial charge in [0.15, 0.2) is 0 Å². The zero-order valence-electron chi connectivity index (χ0n) is 10.7. The van der Waals surface area contributed by atoms with Crippen molar-refractivity contribution in [3.63, 3.8) is 0 Å². The molecule has 0 aromatic carbocycles. The van der Waals surface area contributed by atoms with Crippen molar-refractivity contribution in [3.05, 3.63) is 0 Å². The minimum atomic E-state index is -0.687. The largest absolute Gasteiger partial charge is 0.481 e. The average molecular weight is 234 g/mol. The van der Waals surface area contributed by atoms with Gasteiger partial charge in [0.2, 0.25) is 0 Å². The third kappa shape index (κ3) is 14.6. The van der Waals surface area contributed by atoms with Crippen LogP contribution >= 0.6 is 0 Å². The second kappa shape index (κ2) is 12.7. The molecule has 0 bridgehead atoms. The Morgan fingerprint density at radius 2 is 1.53 bits per heavy atom. The number of hydrogen-bond acceptors (Lipinski definition) is 1. The van der Waals surface area contributed by atoms with Gasteiger partial charge in [-0.15, -0.1) is 0 Å². The van der Waals surface area contributed by atoms with Gasteiger partial charge >= 0.3 is 5.97 Å². The Labute approximate surface area is 105 Å². The summed E-state index contributed by atoms with van der Waals surface area (Å²) in [7, 11) is 0. The Balaban J connectivity index is 3.18. The van der Waals surface area contributed by atoms with Crippen molar-refractivity contribution in [2.75, 3.05) is 0 Å². The molecule has 1 N–H and O–H groups in total. The summed E-state index contributed by atoms with van der Waals surface area (Å²) in [5.41, 5.74) is 0. The van der Waals surface area contributed by atoms with Crippen LogP contribution in [0.2, 0.25) is 0 Å². The summed E-state index contributed by atoms with van der Waals surface area (Å²) in [5.74, 6) is 10.9. The molecule has 0 aliphatic heterocycles. The highest BCUT2D eigenvalue weighted by Gasteiger charge is 1.95. The van der Waals surface area contributed by atoms with Crippen LogP contribution in [-0.2, 0) is 4.79 Å². The van der Waals surface area contributed by atoms with E-state index in [1.165, 1.54) is 12.8 Å². The van der Waals surface area contributed by atoms with E-state index in [2.05, 4.69) is 23.7 Å². The average Bonchev–Trinajstić information content (AvgIpc) is 2.30. The van der Waals surface area contributed by atoms with Crippen LogP contribution in [0.4, 0.5) is 0 Å². The molecule has 0 rings (SSSR count). The van der Waals surface area contributed by atoms with Crippen LogP contribution in [0.15, 0.2) is 0 Å². The minimum absolute atomic E-state index is 0.307. The van der Waals surface area contributed by atoms with Crippen LogP contribution in [0.5, 0.6) is 0 Å². The van der Waals surface area contributed by atoms with E-state index in [1.807, 2.05) is 6.92 Å². The van der Waals surface area contributed by atoms with Crippen molar-refractivity contribution < 1.29 is 9.90 Å². The number of rotatable bonds is 8. The highest BCUT2D eigenvalue weighted by molar-refractivity contribution is 5.66. The maximum absolute atomic E-state index is 10.3. The number of carboxylic acids is 1. The van der Waals surface area contributed by atoms with Gasteiger partial charge in [0.25, 0.3) is 0 Å². The minimum Gasteiger partial charge on any atom is -0.481 e. The van der Waals surface area contributed by atoms with E-state index in [0.29, 0.717) is 6.42 Å². The Morgan fingerprint density at radius 1 is 0.941 bits per heavy atom. The number of hydrogen-bond donors (Lipinski definition) is 1. The molecular weight excluding hydrogens is 212 g/mol. The van der Waals surface area contributed by atoms with Crippen LogP contribution < -0.4 is 0 Å². The van der Waals surface area contributed by atoms with Gasteiger partial charge in [0, 0.05) is 19.3 Å². The highest BCUT2D eigenvalue weighted by atomic mass is 16.4. The van der Waals surface area contributed by atoms with Crippen molar-refractivity contribution in [1.82, 2.24) is 0 Å². The third-order valence-corrected chi connectivity index (χ3v) is 2.36. The third-order valence-electron chi connectivity index (χ3n) is 2.36. The van der Waals surface area contributed by atoms with Gasteiger partial charge in [0.1, 0.15) is 0 Å². The molecule has 0 fully saturated rings. The summed E-state index contributed by atoms with van der Waals surface area (Å²) in [6.07, 6.45) is 8.56. The maximum Gasteiger partial charge on any atom is 0.303 e. The van der Waals surface area contributed by atoms with Crippen molar-refractivity contribution in [2.24, 2.45) is 0 Å². The van der Waals surface area contributed by atoms with E-state index in [0.717, 1.165) is 38.5 Å². The lowest BCUT2D eigenvalue weighted by Crippen LogP contribution is -1.93. The zero-order chi connectivity index (χ0) is 12.8. The SMILES string of the molecule is CCC#CC#CCCCCCCCCC(=O)O. The molecule has 2 nitrogen and oxygen atoms in total. The smallest absolute Gasteiger partial charge is 0.303 e. The lowest BCUT2D eigenvalue weighted by molar-refractivity contribution is -0.137. The molecule has 0 aliphatic rings. The van der Waals surface area contributed by atoms with Crippen LogP contribution in [0.25, 0.3) is 0 Å². The molecule has 0 aromatic rings. The molecule has 0 aliphatic carbocycles. The lowest BCUT2D eigenvalue weighted by atomic mass is 10.1. The maximum atomic E-state index is 10.3. The zero-order valence-corrected chi connectivity index (χ0v) is 10.7. The fourth-order valence-corrected chi connectivity index (χ4v) is 1.44. The van der Waals surface area contributed by atoms with Crippen LogP contribution in [0.3, 0.4) is 0 Å². The monoisotopic (exact) mass is 234 g/mol. The van der Waals surface area contributed by atoms with E-state index in [4.69, 9.17) is 5.11 Å². The Bertz CT molecular complexity index is 309. The summed E-state index contributed by atoms with van der Waals surface area (Å²) >= 11 is 0. The van der Waals surface area contributed by atoms with Gasteiger partial charge in [-0.2, -0.15) is 0 Å². The summed E-state index contributed by atoms with van der Waals surface area (Å²) in [4.78, 5) is 10.3. The molecular formula is C15H22O2. The normalized spacial score (nSPS) is 8.76. The first-order chi connectivity index (χ1) is 8.27. The molecule has 94 valence electrons.